The lowest BCUT2D eigenvalue weighted by Gasteiger charge is -2.01. The van der Waals surface area contributed by atoms with E-state index in [0.29, 0.717) is 11.1 Å². The normalized spacial score (nSPS) is 14.3. The Hall–Kier alpha value is -1.75. The Labute approximate surface area is 114 Å². The Bertz CT molecular complexity index is 445. The molecule has 1 N–H and O–H groups in total. The molecule has 6 heteroatoms. The van der Waals surface area contributed by atoms with Crippen LogP contribution in [0.1, 0.15) is 6.42 Å². The van der Waals surface area contributed by atoms with Gasteiger partial charge in [0.15, 0.2) is 6.21 Å². The summed E-state index contributed by atoms with van der Waals surface area (Å²) in [6, 6.07) is 0. The van der Waals surface area contributed by atoms with Crippen LogP contribution in [0.2, 0.25) is 0 Å². The molecule has 0 aromatic heterocycles. The molecule has 104 valence electrons. The number of rotatable bonds is 6. The molecule has 0 aliphatic rings. The van der Waals surface area contributed by atoms with E-state index in [1.807, 2.05) is 0 Å². The van der Waals surface area contributed by atoms with Crippen LogP contribution in [-0.2, 0) is 0 Å². The van der Waals surface area contributed by atoms with Gasteiger partial charge in [0.05, 0.1) is 6.42 Å². The summed E-state index contributed by atoms with van der Waals surface area (Å²) in [4.78, 5) is 0. The highest BCUT2D eigenvalue weighted by Crippen LogP contribution is 2.22. The summed E-state index contributed by atoms with van der Waals surface area (Å²) in [5, 5.41) is 11.6. The molecule has 0 aromatic carbocycles. The molecule has 0 saturated carbocycles. The van der Waals surface area contributed by atoms with Crippen molar-refractivity contribution in [2.24, 2.45) is 0 Å². The molecule has 19 heavy (non-hydrogen) atoms. The Balaban J connectivity index is 4.71. The van der Waals surface area contributed by atoms with Crippen molar-refractivity contribution < 1.29 is 18.3 Å². The molecule has 0 saturated heterocycles. The fourth-order valence-corrected chi connectivity index (χ4v) is 1.13. The quantitative estimate of drug-likeness (QED) is 0.347. The lowest BCUT2D eigenvalue weighted by molar-refractivity contribution is -0.366. The van der Waals surface area contributed by atoms with Crippen molar-refractivity contribution in [3.8, 4) is 0 Å². The molecule has 0 fully saturated rings. The van der Waals surface area contributed by atoms with Crippen molar-refractivity contribution in [1.82, 2.24) is 0 Å². The summed E-state index contributed by atoms with van der Waals surface area (Å²) in [6.07, 6.45) is 2.21. The highest BCUT2D eigenvalue weighted by Gasteiger charge is 2.24. The van der Waals surface area contributed by atoms with Crippen LogP contribution in [-0.4, -0.2) is 12.4 Å². The maximum absolute atomic E-state index is 11.9. The fourth-order valence-electron chi connectivity index (χ4n) is 0.988. The van der Waals surface area contributed by atoms with Gasteiger partial charge < -0.3 is 5.21 Å². The highest BCUT2D eigenvalue weighted by molar-refractivity contribution is 6.31. The second kappa shape index (κ2) is 8.37. The van der Waals surface area contributed by atoms with Crippen LogP contribution < -0.4 is 5.16 Å². The molecule has 0 amide bonds. The largest absolute Gasteiger partial charge is 0.625 e. The van der Waals surface area contributed by atoms with Gasteiger partial charge in [-0.05, 0) is 17.2 Å². The molecule has 0 unspecified atom stereocenters. The zero-order valence-corrected chi connectivity index (χ0v) is 10.8. The Kier molecular flexibility index (Phi) is 7.60. The summed E-state index contributed by atoms with van der Waals surface area (Å²) in [5.41, 5.74) is 1.000. The molecule has 0 spiro atoms. The van der Waals surface area contributed by atoms with Gasteiger partial charge in [0.1, 0.15) is 0 Å². The van der Waals surface area contributed by atoms with Gasteiger partial charge in [0.25, 0.3) is 0 Å². The van der Waals surface area contributed by atoms with E-state index in [4.69, 9.17) is 11.6 Å². The third kappa shape index (κ3) is 8.90. The van der Waals surface area contributed by atoms with Gasteiger partial charge >= 0.3 is 6.18 Å². The number of hydrogen-bond donors (Lipinski definition) is 1. The van der Waals surface area contributed by atoms with Gasteiger partial charge in [-0.15, -0.1) is 0 Å². The van der Waals surface area contributed by atoms with Crippen molar-refractivity contribution in [1.29, 1.82) is 0 Å². The van der Waals surface area contributed by atoms with Gasteiger partial charge in [0, 0.05) is 11.1 Å². The van der Waals surface area contributed by atoms with E-state index in [1.54, 1.807) is 5.16 Å². The van der Waals surface area contributed by atoms with Crippen molar-refractivity contribution in [3.05, 3.63) is 64.9 Å². The molecule has 0 rings (SSSR count). The van der Waals surface area contributed by atoms with Crippen molar-refractivity contribution in [2.75, 3.05) is 0 Å². The molecular weight excluding hydrogens is 279 g/mol. The molecule has 0 radical (unpaired) electrons. The topological polar surface area (TPSA) is 37.0 Å². The lowest BCUT2D eigenvalue weighted by Crippen LogP contribution is -2.59. The average Bonchev–Trinajstić information content (AvgIpc) is 2.33. The van der Waals surface area contributed by atoms with E-state index >= 15 is 0 Å². The van der Waals surface area contributed by atoms with Gasteiger partial charge in [-0.3, -0.25) is 0 Å². The van der Waals surface area contributed by atoms with Crippen LogP contribution in [0.3, 0.4) is 0 Å². The van der Waals surface area contributed by atoms with Crippen LogP contribution >= 0.6 is 11.6 Å². The number of allylic oxidation sites excluding steroid dienone is 8. The second-order valence-electron chi connectivity index (χ2n) is 3.38. The molecule has 0 atom stereocenters. The first kappa shape index (κ1) is 17.2. The predicted molar refractivity (Wildman–Crippen MR) is 71.6 cm³/mol. The fraction of sp³-hybridized carbons (Fsp3) is 0.154. The average molecular weight is 292 g/mol. The summed E-state index contributed by atoms with van der Waals surface area (Å²) in [5.74, 6) is 0. The maximum atomic E-state index is 11.9. The summed E-state index contributed by atoms with van der Waals surface area (Å²) in [6.45, 7) is 7.20. The number of halogens is 4. The Morgan fingerprint density at radius 2 is 1.95 bits per heavy atom. The minimum Gasteiger partial charge on any atom is -0.625 e. The van der Waals surface area contributed by atoms with Gasteiger partial charge in [-0.2, -0.15) is 13.2 Å². The first-order valence-corrected chi connectivity index (χ1v) is 5.51. The Morgan fingerprint density at radius 3 is 2.42 bits per heavy atom. The van der Waals surface area contributed by atoms with Crippen molar-refractivity contribution >= 4 is 17.8 Å². The van der Waals surface area contributed by atoms with E-state index in [2.05, 4.69) is 13.2 Å². The molecule has 0 heterocycles. The predicted octanol–water partition coefficient (Wildman–Crippen LogP) is 2.94. The van der Waals surface area contributed by atoms with Gasteiger partial charge in [0.2, 0.25) is 0 Å². The smallest absolute Gasteiger partial charge is 0.392 e. The maximum Gasteiger partial charge on any atom is 0.392 e. The monoisotopic (exact) mass is 291 g/mol. The van der Waals surface area contributed by atoms with E-state index < -0.39 is 12.6 Å². The van der Waals surface area contributed by atoms with Crippen LogP contribution in [0.15, 0.2) is 59.7 Å². The Morgan fingerprint density at radius 1 is 1.32 bits per heavy atom. The van der Waals surface area contributed by atoms with Gasteiger partial charge in [-0.25, -0.2) is 5.16 Å². The van der Waals surface area contributed by atoms with Gasteiger partial charge in [-0.1, -0.05) is 43.0 Å². The molecule has 0 aliphatic heterocycles. The SMILES string of the molecule is C=C/C(=C\C=[NH+]\[O-])C(=C)/C=C\C(Cl)=C/CC(F)(F)F. The number of nitrogens with one attached hydrogen (secondary N) is 1. The number of alkyl halides is 3. The summed E-state index contributed by atoms with van der Waals surface area (Å²) in [7, 11) is 0. The van der Waals surface area contributed by atoms with Crippen LogP contribution in [0.4, 0.5) is 13.2 Å². The summed E-state index contributed by atoms with van der Waals surface area (Å²) >= 11 is 5.60. The zero-order chi connectivity index (χ0) is 14.9. The number of hydrogen-bond acceptors (Lipinski definition) is 1. The van der Waals surface area contributed by atoms with Crippen LogP contribution in [0, 0.1) is 5.21 Å². The highest BCUT2D eigenvalue weighted by atomic mass is 35.5. The van der Waals surface area contributed by atoms with E-state index in [0.717, 1.165) is 12.3 Å². The third-order valence-corrected chi connectivity index (χ3v) is 2.17. The summed E-state index contributed by atoms with van der Waals surface area (Å²) < 4.78 is 35.8. The first-order chi connectivity index (χ1) is 8.80. The minimum absolute atomic E-state index is 0.0483. The molecule has 0 aliphatic carbocycles. The van der Waals surface area contributed by atoms with Crippen LogP contribution in [0.5, 0.6) is 0 Å². The van der Waals surface area contributed by atoms with E-state index in [9.17, 15) is 18.4 Å². The standard InChI is InChI=1S/C13H13ClF3NO/c1-3-11(7-9-18-19)10(2)4-5-12(14)6-8-13(15,16)17/h3-7,9,18H,1-2,8H2/b5-4-,11-7+,12-6+,18-9+. The minimum atomic E-state index is -4.29. The second-order valence-corrected chi connectivity index (χ2v) is 3.81. The third-order valence-electron chi connectivity index (χ3n) is 1.89. The van der Waals surface area contributed by atoms with E-state index in [-0.39, 0.29) is 5.03 Å². The molecule has 2 nitrogen and oxygen atoms in total. The van der Waals surface area contributed by atoms with Crippen LogP contribution in [0.25, 0.3) is 0 Å². The lowest BCUT2D eigenvalue weighted by atomic mass is 10.1. The molecule has 0 aromatic rings. The zero-order valence-electron chi connectivity index (χ0n) is 10.0. The van der Waals surface area contributed by atoms with Crippen molar-refractivity contribution in [3.63, 3.8) is 0 Å². The molecule has 0 bridgehead atoms. The van der Waals surface area contributed by atoms with E-state index in [1.165, 1.54) is 24.3 Å². The van der Waals surface area contributed by atoms with Crippen molar-refractivity contribution in [2.45, 2.75) is 12.6 Å². The molecular formula is C13H13ClF3NO. The first-order valence-electron chi connectivity index (χ1n) is 5.13.